The Labute approximate surface area is 37.3 Å². The minimum absolute atomic E-state index is 0.757. The van der Waals surface area contributed by atoms with Crippen LogP contribution in [-0.4, -0.2) is 19.4 Å². The van der Waals surface area contributed by atoms with Crippen LogP contribution in [0.3, 0.4) is 0 Å². The van der Waals surface area contributed by atoms with Gasteiger partial charge in [-0.1, -0.05) is 0 Å². The molecule has 0 saturated carbocycles. The van der Waals surface area contributed by atoms with E-state index in [2.05, 4.69) is 16.7 Å². The van der Waals surface area contributed by atoms with Gasteiger partial charge < -0.3 is 5.32 Å². The zero-order chi connectivity index (χ0) is 4.24. The van der Waals surface area contributed by atoms with Gasteiger partial charge in [0, 0.05) is 19.5 Å². The van der Waals surface area contributed by atoms with Gasteiger partial charge in [0.15, 0.2) is 0 Å². The van der Waals surface area contributed by atoms with Gasteiger partial charge in [-0.25, -0.2) is 0 Å². The highest BCUT2D eigenvalue weighted by molar-refractivity contribution is 5.55. The summed E-state index contributed by atoms with van der Waals surface area (Å²) in [6.45, 7) is 1.61. The second-order valence-electron chi connectivity index (χ2n) is 1.10. The minimum Gasteiger partial charge on any atom is -0.376 e. The van der Waals surface area contributed by atoms with Crippen LogP contribution in [0.1, 0.15) is 0 Å². The molecule has 2 nitrogen and oxygen atoms in total. The molecule has 0 fully saturated rings. The van der Waals surface area contributed by atoms with Crippen LogP contribution in [0.15, 0.2) is 4.99 Å². The fraction of sp³-hybridized carbons (Fsp3) is 0.500. The van der Waals surface area contributed by atoms with E-state index in [-0.39, 0.29) is 0 Å². The van der Waals surface area contributed by atoms with E-state index >= 15 is 0 Å². The molecule has 1 aliphatic heterocycles. The maximum Gasteiger partial charge on any atom is 0.0824 e. The molecule has 0 aromatic rings. The average molecular weight is 82.1 g/mol. The summed E-state index contributed by atoms with van der Waals surface area (Å²) in [6.07, 6.45) is 4.68. The van der Waals surface area contributed by atoms with Gasteiger partial charge in [0.25, 0.3) is 0 Å². The summed E-state index contributed by atoms with van der Waals surface area (Å²) in [5.41, 5.74) is 0. The molecule has 2 radical (unpaired) electrons. The van der Waals surface area contributed by atoms with Crippen LogP contribution in [-0.2, 0) is 0 Å². The first-order valence-corrected chi connectivity index (χ1v) is 1.92. The second kappa shape index (κ2) is 1.80. The SMILES string of the molecule is [C]1CN=CNC1. The molecule has 0 bridgehead atoms. The minimum atomic E-state index is 0.757. The van der Waals surface area contributed by atoms with E-state index in [1.807, 2.05) is 0 Å². The number of nitrogens with one attached hydrogen (secondary N) is 1. The van der Waals surface area contributed by atoms with Crippen LogP contribution in [0.5, 0.6) is 0 Å². The largest absolute Gasteiger partial charge is 0.376 e. The highest BCUT2D eigenvalue weighted by Gasteiger charge is 1.86. The Hall–Kier alpha value is -0.530. The third-order valence-electron chi connectivity index (χ3n) is 0.613. The molecule has 0 amide bonds. The first kappa shape index (κ1) is 3.65. The van der Waals surface area contributed by atoms with Crippen LogP contribution in [0.2, 0.25) is 0 Å². The molecule has 0 spiro atoms. The lowest BCUT2D eigenvalue weighted by atomic mass is 10.4. The van der Waals surface area contributed by atoms with Crippen molar-refractivity contribution >= 4 is 6.34 Å². The lowest BCUT2D eigenvalue weighted by molar-refractivity contribution is 0.902. The van der Waals surface area contributed by atoms with Gasteiger partial charge in [-0.05, 0) is 0 Å². The predicted molar refractivity (Wildman–Crippen MR) is 24.6 cm³/mol. The van der Waals surface area contributed by atoms with E-state index in [1.165, 1.54) is 0 Å². The maximum absolute atomic E-state index is 3.83. The Morgan fingerprint density at radius 2 is 2.83 bits per heavy atom. The molecule has 1 heterocycles. The Morgan fingerprint density at radius 1 is 1.83 bits per heavy atom. The molecule has 32 valence electrons. The van der Waals surface area contributed by atoms with Gasteiger partial charge in [-0.15, -0.1) is 0 Å². The quantitative estimate of drug-likeness (QED) is 0.426. The molecule has 1 rings (SSSR count). The van der Waals surface area contributed by atoms with Crippen LogP contribution in [0, 0.1) is 6.42 Å². The standard InChI is InChI=1S/C4H6N2/c1-2-5-4-6-3-1/h4H,2-3H2,(H,5,6). The molecule has 0 aliphatic carbocycles. The normalized spacial score (nSPS) is 20.0. The number of hydrogen-bond acceptors (Lipinski definition) is 2. The molecular weight excluding hydrogens is 76.1 g/mol. The highest BCUT2D eigenvalue weighted by atomic mass is 15.0. The summed E-state index contributed by atoms with van der Waals surface area (Å²) in [5, 5.41) is 2.88. The zero-order valence-electron chi connectivity index (χ0n) is 3.44. The average Bonchev–Trinajstić information content (AvgIpc) is 1.72. The van der Waals surface area contributed by atoms with Crippen molar-refractivity contribution in [3.63, 3.8) is 0 Å². The topological polar surface area (TPSA) is 24.4 Å². The van der Waals surface area contributed by atoms with Crippen molar-refractivity contribution in [1.29, 1.82) is 0 Å². The van der Waals surface area contributed by atoms with Crippen LogP contribution in [0.25, 0.3) is 0 Å². The van der Waals surface area contributed by atoms with Crippen molar-refractivity contribution in [2.45, 2.75) is 0 Å². The Bertz CT molecular complexity index is 50.6. The van der Waals surface area contributed by atoms with E-state index in [0.29, 0.717) is 0 Å². The van der Waals surface area contributed by atoms with Gasteiger partial charge in [-0.3, -0.25) is 4.99 Å². The van der Waals surface area contributed by atoms with Crippen LogP contribution >= 0.6 is 0 Å². The van der Waals surface area contributed by atoms with Crippen molar-refractivity contribution in [2.24, 2.45) is 4.99 Å². The van der Waals surface area contributed by atoms with Gasteiger partial charge in [0.05, 0.1) is 6.34 Å². The third-order valence-corrected chi connectivity index (χ3v) is 0.613. The molecule has 2 heteroatoms. The van der Waals surface area contributed by atoms with E-state index in [1.54, 1.807) is 6.34 Å². The molecule has 1 N–H and O–H groups in total. The molecule has 0 saturated heterocycles. The lowest BCUT2D eigenvalue weighted by Gasteiger charge is -2.00. The fourth-order valence-electron chi connectivity index (χ4n) is 0.348. The molecular formula is C4H6N2. The molecule has 0 aromatic carbocycles. The van der Waals surface area contributed by atoms with E-state index in [0.717, 1.165) is 13.1 Å². The smallest absolute Gasteiger partial charge is 0.0824 e. The third kappa shape index (κ3) is 0.708. The fourth-order valence-corrected chi connectivity index (χ4v) is 0.348. The maximum atomic E-state index is 3.83. The summed E-state index contributed by atoms with van der Waals surface area (Å²) in [7, 11) is 0. The first-order chi connectivity index (χ1) is 3.00. The number of rotatable bonds is 0. The Kier molecular flexibility index (Phi) is 1.10. The van der Waals surface area contributed by atoms with Crippen molar-refractivity contribution in [1.82, 2.24) is 5.32 Å². The molecule has 0 unspecified atom stereocenters. The van der Waals surface area contributed by atoms with Gasteiger partial charge >= 0.3 is 0 Å². The summed E-state index contributed by atoms with van der Waals surface area (Å²) in [6, 6.07) is 0. The summed E-state index contributed by atoms with van der Waals surface area (Å²) >= 11 is 0. The van der Waals surface area contributed by atoms with E-state index in [4.69, 9.17) is 0 Å². The second-order valence-corrected chi connectivity index (χ2v) is 1.10. The summed E-state index contributed by atoms with van der Waals surface area (Å²) < 4.78 is 0. The van der Waals surface area contributed by atoms with Crippen LogP contribution < -0.4 is 5.32 Å². The monoisotopic (exact) mass is 82.1 g/mol. The van der Waals surface area contributed by atoms with Gasteiger partial charge in [-0.2, -0.15) is 0 Å². The van der Waals surface area contributed by atoms with Gasteiger partial charge in [0.1, 0.15) is 0 Å². The van der Waals surface area contributed by atoms with E-state index in [9.17, 15) is 0 Å². The lowest BCUT2D eigenvalue weighted by Crippen LogP contribution is -2.18. The number of aliphatic imine (C=N–C) groups is 1. The number of hydrogen-bond donors (Lipinski definition) is 1. The van der Waals surface area contributed by atoms with Gasteiger partial charge in [0.2, 0.25) is 0 Å². The van der Waals surface area contributed by atoms with Crippen molar-refractivity contribution in [3.8, 4) is 0 Å². The molecule has 6 heavy (non-hydrogen) atoms. The van der Waals surface area contributed by atoms with Crippen molar-refractivity contribution in [3.05, 3.63) is 6.42 Å². The highest BCUT2D eigenvalue weighted by Crippen LogP contribution is 1.78. The molecule has 0 aromatic heterocycles. The van der Waals surface area contributed by atoms with E-state index < -0.39 is 0 Å². The molecule has 1 aliphatic rings. The Morgan fingerprint density at radius 3 is 3.00 bits per heavy atom. The Balaban J connectivity index is 2.26. The number of nitrogens with zero attached hydrogens (tertiary/aromatic N) is 1. The van der Waals surface area contributed by atoms with Crippen molar-refractivity contribution < 1.29 is 0 Å². The molecule has 0 atom stereocenters. The summed E-state index contributed by atoms with van der Waals surface area (Å²) in [5.74, 6) is 0. The van der Waals surface area contributed by atoms with Crippen LogP contribution in [0.4, 0.5) is 0 Å². The predicted octanol–water partition coefficient (Wildman–Crippen LogP) is -0.301. The first-order valence-electron chi connectivity index (χ1n) is 1.92. The summed E-state index contributed by atoms with van der Waals surface area (Å²) in [4.78, 5) is 3.83. The van der Waals surface area contributed by atoms with Crippen molar-refractivity contribution in [2.75, 3.05) is 13.1 Å². The zero-order valence-corrected chi connectivity index (χ0v) is 3.44.